The van der Waals surface area contributed by atoms with Crippen molar-refractivity contribution in [1.29, 1.82) is 0 Å². The van der Waals surface area contributed by atoms with E-state index < -0.39 is 0 Å². The van der Waals surface area contributed by atoms with Crippen molar-refractivity contribution in [3.63, 3.8) is 0 Å². The van der Waals surface area contributed by atoms with Crippen LogP contribution in [0.1, 0.15) is 45.4 Å². The van der Waals surface area contributed by atoms with E-state index in [1.165, 1.54) is 32.1 Å². The first-order valence-electron chi connectivity index (χ1n) is 5.97. The highest BCUT2D eigenvalue weighted by Crippen LogP contribution is 2.40. The SMILES string of the molecule is CCOC1CC(=O)C1C1CCCCC1. The quantitative estimate of drug-likeness (QED) is 0.693. The monoisotopic (exact) mass is 196 g/mol. The molecule has 0 aromatic heterocycles. The number of carbonyl (C=O) groups excluding carboxylic acids is 1. The molecule has 0 aromatic rings. The molecule has 0 radical (unpaired) electrons. The van der Waals surface area contributed by atoms with Crippen LogP contribution in [-0.2, 0) is 9.53 Å². The maximum absolute atomic E-state index is 11.5. The Hall–Kier alpha value is -0.370. The lowest BCUT2D eigenvalue weighted by atomic mass is 9.67. The molecule has 2 aliphatic rings. The molecule has 0 bridgehead atoms. The fourth-order valence-corrected chi connectivity index (χ4v) is 2.94. The first-order chi connectivity index (χ1) is 6.83. The number of rotatable bonds is 3. The average molecular weight is 196 g/mol. The summed E-state index contributed by atoms with van der Waals surface area (Å²) in [6.45, 7) is 2.77. The zero-order chi connectivity index (χ0) is 9.97. The molecule has 0 aliphatic heterocycles. The zero-order valence-corrected chi connectivity index (χ0v) is 9.00. The summed E-state index contributed by atoms with van der Waals surface area (Å²) in [6.07, 6.45) is 7.42. The van der Waals surface area contributed by atoms with Gasteiger partial charge in [-0.15, -0.1) is 0 Å². The van der Waals surface area contributed by atoms with Crippen molar-refractivity contribution < 1.29 is 9.53 Å². The number of hydrogen-bond donors (Lipinski definition) is 0. The van der Waals surface area contributed by atoms with Crippen LogP contribution in [0.2, 0.25) is 0 Å². The molecule has 2 fully saturated rings. The van der Waals surface area contributed by atoms with Gasteiger partial charge in [-0.05, 0) is 25.7 Å². The van der Waals surface area contributed by atoms with E-state index in [1.807, 2.05) is 6.92 Å². The summed E-state index contributed by atoms with van der Waals surface area (Å²) in [5.41, 5.74) is 0. The van der Waals surface area contributed by atoms with Gasteiger partial charge in [0.2, 0.25) is 0 Å². The standard InChI is InChI=1S/C12H20O2/c1-2-14-11-8-10(13)12(11)9-6-4-3-5-7-9/h9,11-12H,2-8H2,1H3. The molecule has 2 heteroatoms. The summed E-state index contributed by atoms with van der Waals surface area (Å²) in [4.78, 5) is 11.5. The molecular formula is C12H20O2. The normalized spacial score (nSPS) is 34.2. The zero-order valence-electron chi connectivity index (χ0n) is 9.00. The Kier molecular flexibility index (Phi) is 3.22. The molecule has 2 aliphatic carbocycles. The Morgan fingerprint density at radius 1 is 1.29 bits per heavy atom. The van der Waals surface area contributed by atoms with E-state index in [0.717, 1.165) is 6.61 Å². The van der Waals surface area contributed by atoms with Crippen LogP contribution in [0.4, 0.5) is 0 Å². The Bertz CT molecular complexity index is 206. The maximum atomic E-state index is 11.5. The van der Waals surface area contributed by atoms with Gasteiger partial charge in [0.05, 0.1) is 6.10 Å². The van der Waals surface area contributed by atoms with Gasteiger partial charge in [-0.25, -0.2) is 0 Å². The van der Waals surface area contributed by atoms with Crippen molar-refractivity contribution in [2.45, 2.75) is 51.6 Å². The Morgan fingerprint density at radius 2 is 2.00 bits per heavy atom. The first-order valence-corrected chi connectivity index (χ1v) is 5.97. The lowest BCUT2D eigenvalue weighted by Gasteiger charge is -2.41. The topological polar surface area (TPSA) is 26.3 Å². The summed E-state index contributed by atoms with van der Waals surface area (Å²) >= 11 is 0. The van der Waals surface area contributed by atoms with Crippen LogP contribution in [0.15, 0.2) is 0 Å². The van der Waals surface area contributed by atoms with E-state index in [2.05, 4.69) is 0 Å². The van der Waals surface area contributed by atoms with Crippen molar-refractivity contribution in [2.75, 3.05) is 6.61 Å². The van der Waals surface area contributed by atoms with Gasteiger partial charge in [0.1, 0.15) is 5.78 Å². The van der Waals surface area contributed by atoms with Crippen molar-refractivity contribution in [3.8, 4) is 0 Å². The molecule has 14 heavy (non-hydrogen) atoms. The van der Waals surface area contributed by atoms with Gasteiger partial charge < -0.3 is 4.74 Å². The van der Waals surface area contributed by atoms with Crippen molar-refractivity contribution in [1.82, 2.24) is 0 Å². The van der Waals surface area contributed by atoms with Crippen molar-refractivity contribution in [2.24, 2.45) is 11.8 Å². The molecule has 2 saturated carbocycles. The molecule has 0 aromatic carbocycles. The molecule has 2 atom stereocenters. The van der Waals surface area contributed by atoms with Crippen molar-refractivity contribution in [3.05, 3.63) is 0 Å². The van der Waals surface area contributed by atoms with Gasteiger partial charge >= 0.3 is 0 Å². The minimum Gasteiger partial charge on any atom is -0.377 e. The molecule has 0 amide bonds. The molecule has 2 rings (SSSR count). The third-order valence-corrected chi connectivity index (χ3v) is 3.71. The third kappa shape index (κ3) is 1.85. The highest BCUT2D eigenvalue weighted by atomic mass is 16.5. The fraction of sp³-hybridized carbons (Fsp3) is 0.917. The van der Waals surface area contributed by atoms with Gasteiger partial charge in [0.25, 0.3) is 0 Å². The molecule has 2 nitrogen and oxygen atoms in total. The van der Waals surface area contributed by atoms with Gasteiger partial charge in [0.15, 0.2) is 0 Å². The molecular weight excluding hydrogens is 176 g/mol. The molecule has 0 heterocycles. The van der Waals surface area contributed by atoms with E-state index in [9.17, 15) is 4.79 Å². The number of hydrogen-bond acceptors (Lipinski definition) is 2. The lowest BCUT2D eigenvalue weighted by molar-refractivity contribution is -0.150. The van der Waals surface area contributed by atoms with E-state index in [4.69, 9.17) is 4.74 Å². The van der Waals surface area contributed by atoms with Crippen LogP contribution in [0.25, 0.3) is 0 Å². The predicted molar refractivity (Wildman–Crippen MR) is 55.1 cm³/mol. The van der Waals surface area contributed by atoms with E-state index in [1.54, 1.807) is 0 Å². The van der Waals surface area contributed by atoms with Crippen LogP contribution in [0.5, 0.6) is 0 Å². The van der Waals surface area contributed by atoms with Gasteiger partial charge in [-0.2, -0.15) is 0 Å². The lowest BCUT2D eigenvalue weighted by Crippen LogP contribution is -2.48. The molecule has 80 valence electrons. The molecule has 0 N–H and O–H groups in total. The minimum atomic E-state index is 0.259. The van der Waals surface area contributed by atoms with E-state index in [-0.39, 0.29) is 12.0 Å². The highest BCUT2D eigenvalue weighted by Gasteiger charge is 2.45. The summed E-state index contributed by atoms with van der Waals surface area (Å²) in [6, 6.07) is 0. The number of carbonyl (C=O) groups is 1. The fourth-order valence-electron chi connectivity index (χ4n) is 2.94. The van der Waals surface area contributed by atoms with Crippen LogP contribution < -0.4 is 0 Å². The van der Waals surface area contributed by atoms with Crippen LogP contribution in [0.3, 0.4) is 0 Å². The van der Waals surface area contributed by atoms with Crippen LogP contribution >= 0.6 is 0 Å². The Morgan fingerprint density at radius 3 is 2.57 bits per heavy atom. The van der Waals surface area contributed by atoms with Gasteiger partial charge in [-0.1, -0.05) is 19.3 Å². The summed E-state index contributed by atoms with van der Waals surface area (Å²) in [7, 11) is 0. The second-order valence-electron chi connectivity index (χ2n) is 4.59. The molecule has 0 spiro atoms. The summed E-state index contributed by atoms with van der Waals surface area (Å²) in [5.74, 6) is 1.35. The van der Waals surface area contributed by atoms with E-state index >= 15 is 0 Å². The third-order valence-electron chi connectivity index (χ3n) is 3.71. The molecule has 0 saturated heterocycles. The number of Topliss-reactive ketones (excluding diaryl/α,β-unsaturated/α-hetero) is 1. The second kappa shape index (κ2) is 4.43. The smallest absolute Gasteiger partial charge is 0.141 e. The second-order valence-corrected chi connectivity index (χ2v) is 4.59. The van der Waals surface area contributed by atoms with E-state index in [0.29, 0.717) is 18.1 Å². The first kappa shape index (κ1) is 10.2. The molecule has 2 unspecified atom stereocenters. The highest BCUT2D eigenvalue weighted by molar-refractivity contribution is 5.88. The average Bonchev–Trinajstić information content (AvgIpc) is 2.19. The van der Waals surface area contributed by atoms with Crippen LogP contribution in [-0.4, -0.2) is 18.5 Å². The number of ether oxygens (including phenoxy) is 1. The number of ketones is 1. The van der Waals surface area contributed by atoms with Gasteiger partial charge in [-0.3, -0.25) is 4.79 Å². The maximum Gasteiger partial charge on any atom is 0.141 e. The minimum absolute atomic E-state index is 0.259. The summed E-state index contributed by atoms with van der Waals surface area (Å²) < 4.78 is 5.59. The largest absolute Gasteiger partial charge is 0.377 e. The Balaban J connectivity index is 1.90. The van der Waals surface area contributed by atoms with Crippen LogP contribution in [0, 0.1) is 11.8 Å². The van der Waals surface area contributed by atoms with Crippen molar-refractivity contribution >= 4 is 5.78 Å². The summed E-state index contributed by atoms with van der Waals surface area (Å²) in [5, 5.41) is 0. The Labute approximate surface area is 86.0 Å². The predicted octanol–water partition coefficient (Wildman–Crippen LogP) is 2.56. The van der Waals surface area contributed by atoms with Gasteiger partial charge in [0, 0.05) is 18.9 Å².